The van der Waals surface area contributed by atoms with Gasteiger partial charge < -0.3 is 10.4 Å². The van der Waals surface area contributed by atoms with Gasteiger partial charge in [-0.25, -0.2) is 0 Å². The molecule has 0 bridgehead atoms. The van der Waals surface area contributed by atoms with Gasteiger partial charge in [-0.15, -0.1) is 0 Å². The van der Waals surface area contributed by atoms with Gasteiger partial charge in [-0.05, 0) is 38.8 Å². The summed E-state index contributed by atoms with van der Waals surface area (Å²) in [5.41, 5.74) is 0.855. The van der Waals surface area contributed by atoms with Crippen LogP contribution in [0.3, 0.4) is 0 Å². The molecule has 0 radical (unpaired) electrons. The van der Waals surface area contributed by atoms with Crippen molar-refractivity contribution in [3.63, 3.8) is 0 Å². The molecule has 2 aromatic rings. The van der Waals surface area contributed by atoms with Gasteiger partial charge in [0.1, 0.15) is 11.1 Å². The van der Waals surface area contributed by atoms with Crippen molar-refractivity contribution in [1.82, 2.24) is 20.3 Å². The fourth-order valence-corrected chi connectivity index (χ4v) is 3.39. The zero-order valence-electron chi connectivity index (χ0n) is 14.4. The van der Waals surface area contributed by atoms with E-state index in [1.807, 2.05) is 37.3 Å². The summed E-state index contributed by atoms with van der Waals surface area (Å²) in [7, 11) is 0. The summed E-state index contributed by atoms with van der Waals surface area (Å²) >= 11 is 0. The molecular formula is C18H22N4O3. The lowest BCUT2D eigenvalue weighted by molar-refractivity contribution is -0.155. The fourth-order valence-electron chi connectivity index (χ4n) is 3.39. The number of aromatic nitrogens is 3. The van der Waals surface area contributed by atoms with Gasteiger partial charge in [0.2, 0.25) is 5.91 Å². The topological polar surface area (TPSA) is 97.1 Å². The maximum absolute atomic E-state index is 12.6. The standard InChI is InChI=1S/C18H22N4O3/c1-12(19-16(23)18(17(24)25)10-6-7-11-18)15-13(2)20-22(21-15)14-8-4-3-5-9-14/h3-5,8-9,12H,6-7,10-11H2,1-2H3,(H,19,23)(H,24,25). The molecule has 1 atom stereocenters. The van der Waals surface area contributed by atoms with E-state index >= 15 is 0 Å². The van der Waals surface area contributed by atoms with Gasteiger partial charge in [0.25, 0.3) is 0 Å². The molecule has 1 aliphatic rings. The molecule has 1 aromatic carbocycles. The molecular weight excluding hydrogens is 320 g/mol. The van der Waals surface area contributed by atoms with Crippen LogP contribution in [0.25, 0.3) is 5.69 Å². The molecule has 132 valence electrons. The van der Waals surface area contributed by atoms with E-state index in [1.165, 1.54) is 4.80 Å². The molecule has 1 saturated carbocycles. The second-order valence-electron chi connectivity index (χ2n) is 6.59. The smallest absolute Gasteiger partial charge is 0.319 e. The van der Waals surface area contributed by atoms with Crippen molar-refractivity contribution in [2.75, 3.05) is 0 Å². The molecule has 7 nitrogen and oxygen atoms in total. The third kappa shape index (κ3) is 3.14. The lowest BCUT2D eigenvalue weighted by Gasteiger charge is -2.24. The van der Waals surface area contributed by atoms with Crippen LogP contribution in [0, 0.1) is 12.3 Å². The quantitative estimate of drug-likeness (QED) is 0.813. The molecule has 1 fully saturated rings. The van der Waals surface area contributed by atoms with Crippen molar-refractivity contribution < 1.29 is 14.7 Å². The maximum Gasteiger partial charge on any atom is 0.319 e. The van der Waals surface area contributed by atoms with Crippen molar-refractivity contribution in [2.45, 2.75) is 45.6 Å². The van der Waals surface area contributed by atoms with Gasteiger partial charge in [0, 0.05) is 0 Å². The Kier molecular flexibility index (Phi) is 4.57. The average molecular weight is 342 g/mol. The number of carboxylic acid groups (broad SMARTS) is 1. The second kappa shape index (κ2) is 6.66. The summed E-state index contributed by atoms with van der Waals surface area (Å²) in [5.74, 6) is -1.47. The Bertz CT molecular complexity index is 779. The highest BCUT2D eigenvalue weighted by molar-refractivity contribution is 6.02. The Hall–Kier alpha value is -2.70. The number of benzene rings is 1. The Morgan fingerprint density at radius 3 is 2.44 bits per heavy atom. The van der Waals surface area contributed by atoms with E-state index in [1.54, 1.807) is 6.92 Å². The van der Waals surface area contributed by atoms with Crippen molar-refractivity contribution in [3.05, 3.63) is 41.7 Å². The van der Waals surface area contributed by atoms with Crippen molar-refractivity contribution in [2.24, 2.45) is 5.41 Å². The third-order valence-corrected chi connectivity index (χ3v) is 4.86. The normalized spacial score (nSPS) is 17.2. The Balaban J connectivity index is 1.80. The summed E-state index contributed by atoms with van der Waals surface area (Å²) in [6, 6.07) is 9.08. The second-order valence-corrected chi connectivity index (χ2v) is 6.59. The van der Waals surface area contributed by atoms with Crippen LogP contribution in [-0.2, 0) is 9.59 Å². The van der Waals surface area contributed by atoms with Crippen LogP contribution < -0.4 is 5.32 Å². The van der Waals surface area contributed by atoms with E-state index in [9.17, 15) is 14.7 Å². The van der Waals surface area contributed by atoms with Gasteiger partial charge in [-0.2, -0.15) is 15.0 Å². The number of carboxylic acids is 1. The zero-order chi connectivity index (χ0) is 18.0. The first-order valence-electron chi connectivity index (χ1n) is 8.48. The molecule has 0 aliphatic heterocycles. The SMILES string of the molecule is Cc1nn(-c2ccccc2)nc1C(C)NC(=O)C1(C(=O)O)CCCC1. The van der Waals surface area contributed by atoms with Crippen LogP contribution in [-0.4, -0.2) is 32.0 Å². The van der Waals surface area contributed by atoms with E-state index in [0.29, 0.717) is 24.2 Å². The lowest BCUT2D eigenvalue weighted by Crippen LogP contribution is -2.45. The van der Waals surface area contributed by atoms with Crippen molar-refractivity contribution in [3.8, 4) is 5.69 Å². The Labute approximate surface area is 146 Å². The molecule has 2 N–H and O–H groups in total. The number of carbonyl (C=O) groups is 2. The van der Waals surface area contributed by atoms with Crippen LogP contribution in [0.2, 0.25) is 0 Å². The molecule has 1 amide bonds. The van der Waals surface area contributed by atoms with Crippen LogP contribution in [0.1, 0.15) is 50.0 Å². The number of hydrogen-bond donors (Lipinski definition) is 2. The molecule has 25 heavy (non-hydrogen) atoms. The maximum atomic E-state index is 12.6. The van der Waals surface area contributed by atoms with Crippen LogP contribution in [0.15, 0.2) is 30.3 Å². The Morgan fingerprint density at radius 1 is 1.20 bits per heavy atom. The molecule has 3 rings (SSSR count). The minimum absolute atomic E-state index is 0.385. The number of carbonyl (C=O) groups excluding carboxylic acids is 1. The summed E-state index contributed by atoms with van der Waals surface area (Å²) in [5, 5.41) is 21.2. The number of amides is 1. The van der Waals surface area contributed by atoms with Crippen LogP contribution in [0.4, 0.5) is 0 Å². The number of nitrogens with zero attached hydrogens (tertiary/aromatic N) is 3. The van der Waals surface area contributed by atoms with Gasteiger partial charge >= 0.3 is 5.97 Å². The molecule has 0 saturated heterocycles. The van der Waals surface area contributed by atoms with Gasteiger partial charge in [0.15, 0.2) is 0 Å². The average Bonchev–Trinajstić information content (AvgIpc) is 3.23. The predicted molar refractivity (Wildman–Crippen MR) is 91.2 cm³/mol. The number of para-hydroxylation sites is 1. The van der Waals surface area contributed by atoms with Gasteiger partial charge in [-0.3, -0.25) is 9.59 Å². The number of rotatable bonds is 5. The fraction of sp³-hybridized carbons (Fsp3) is 0.444. The first-order chi connectivity index (χ1) is 11.9. The molecule has 1 unspecified atom stereocenters. The molecule has 1 aromatic heterocycles. The van der Waals surface area contributed by atoms with Gasteiger partial charge in [0.05, 0.1) is 17.4 Å². The Morgan fingerprint density at radius 2 is 1.84 bits per heavy atom. The molecule has 7 heteroatoms. The number of aryl methyl sites for hydroxylation is 1. The number of aliphatic carboxylic acids is 1. The largest absolute Gasteiger partial charge is 0.480 e. The third-order valence-electron chi connectivity index (χ3n) is 4.86. The minimum atomic E-state index is -1.31. The number of hydrogen-bond acceptors (Lipinski definition) is 4. The summed E-state index contributed by atoms with van der Waals surface area (Å²) in [4.78, 5) is 25.8. The van der Waals surface area contributed by atoms with Crippen LogP contribution >= 0.6 is 0 Å². The highest BCUT2D eigenvalue weighted by atomic mass is 16.4. The van der Waals surface area contributed by atoms with E-state index in [2.05, 4.69) is 15.5 Å². The van der Waals surface area contributed by atoms with Gasteiger partial charge in [-0.1, -0.05) is 31.0 Å². The van der Waals surface area contributed by atoms with E-state index in [-0.39, 0.29) is 0 Å². The molecule has 1 heterocycles. The predicted octanol–water partition coefficient (Wildman–Crippen LogP) is 2.40. The first-order valence-corrected chi connectivity index (χ1v) is 8.48. The van der Waals surface area contributed by atoms with E-state index < -0.39 is 23.3 Å². The van der Waals surface area contributed by atoms with E-state index in [0.717, 1.165) is 18.5 Å². The first kappa shape index (κ1) is 17.1. The van der Waals surface area contributed by atoms with Crippen molar-refractivity contribution in [1.29, 1.82) is 0 Å². The summed E-state index contributed by atoms with van der Waals surface area (Å²) < 4.78 is 0. The van der Waals surface area contributed by atoms with Crippen molar-refractivity contribution >= 4 is 11.9 Å². The summed E-state index contributed by atoms with van der Waals surface area (Å²) in [6.07, 6.45) is 2.29. The van der Waals surface area contributed by atoms with E-state index in [4.69, 9.17) is 0 Å². The molecule has 1 aliphatic carbocycles. The molecule has 0 spiro atoms. The monoisotopic (exact) mass is 342 g/mol. The summed E-state index contributed by atoms with van der Waals surface area (Å²) in [6.45, 7) is 3.63. The number of nitrogens with one attached hydrogen (secondary N) is 1. The highest BCUT2D eigenvalue weighted by Crippen LogP contribution is 2.39. The highest BCUT2D eigenvalue weighted by Gasteiger charge is 2.48. The lowest BCUT2D eigenvalue weighted by atomic mass is 9.85. The minimum Gasteiger partial charge on any atom is -0.480 e. The zero-order valence-corrected chi connectivity index (χ0v) is 14.4. The van der Waals surface area contributed by atoms with Crippen LogP contribution in [0.5, 0.6) is 0 Å².